The van der Waals surface area contributed by atoms with Crippen LogP contribution >= 0.6 is 34.3 Å². The first-order chi connectivity index (χ1) is 18.7. The van der Waals surface area contributed by atoms with Gasteiger partial charge in [-0.3, -0.25) is 9.59 Å². The van der Waals surface area contributed by atoms with Gasteiger partial charge in [0.25, 0.3) is 15.9 Å². The highest BCUT2D eigenvalue weighted by Gasteiger charge is 2.39. The van der Waals surface area contributed by atoms with Crippen molar-refractivity contribution in [1.29, 1.82) is 0 Å². The highest BCUT2D eigenvalue weighted by atomic mass is 35.5. The normalized spacial score (nSPS) is 21.2. The first-order valence-electron chi connectivity index (χ1n) is 13.1. The second-order valence-corrected chi connectivity index (χ2v) is 15.2. The van der Waals surface area contributed by atoms with E-state index in [1.165, 1.54) is 27.0 Å². The van der Waals surface area contributed by atoms with E-state index < -0.39 is 10.0 Å². The average molecular weight is 608 g/mol. The quantitative estimate of drug-likeness (QED) is 0.426. The molecular weight excluding hydrogens is 578 g/mol. The van der Waals surface area contributed by atoms with Gasteiger partial charge in [-0.15, -0.1) is 22.7 Å². The monoisotopic (exact) mass is 607 g/mol. The Morgan fingerprint density at radius 3 is 2.77 bits per heavy atom. The predicted octanol–water partition coefficient (Wildman–Crippen LogP) is 3.53. The molecule has 3 aromatic rings. The van der Waals surface area contributed by atoms with Crippen LogP contribution < -0.4 is 0 Å². The van der Waals surface area contributed by atoms with Crippen molar-refractivity contribution in [3.8, 4) is 0 Å². The summed E-state index contributed by atoms with van der Waals surface area (Å²) in [4.78, 5) is 37.6. The molecule has 0 N–H and O–H groups in total. The van der Waals surface area contributed by atoms with E-state index in [4.69, 9.17) is 11.6 Å². The minimum atomic E-state index is -3.77. The smallest absolute Gasteiger partial charge is 0.283 e. The number of hydrogen-bond donors (Lipinski definition) is 0. The minimum Gasteiger partial charge on any atom is -0.343 e. The molecule has 1 atom stereocenters. The number of piperazine rings is 1. The number of likely N-dealkylation sites (tertiary alicyclic amines) is 1. The van der Waals surface area contributed by atoms with Crippen LogP contribution in [0.25, 0.3) is 10.1 Å². The number of fused-ring (bicyclic) bond motifs is 2. The van der Waals surface area contributed by atoms with E-state index >= 15 is 0 Å². The number of amides is 2. The lowest BCUT2D eigenvalue weighted by Gasteiger charge is -2.40. The van der Waals surface area contributed by atoms with Crippen molar-refractivity contribution in [1.82, 2.24) is 24.0 Å². The Labute approximate surface area is 241 Å². The lowest BCUT2D eigenvalue weighted by atomic mass is 10.1. The van der Waals surface area contributed by atoms with E-state index in [1.807, 2.05) is 11.0 Å². The molecule has 1 aromatic carbocycles. The van der Waals surface area contributed by atoms with Crippen molar-refractivity contribution in [2.24, 2.45) is 0 Å². The van der Waals surface area contributed by atoms with Crippen molar-refractivity contribution in [2.45, 2.75) is 42.5 Å². The molecule has 0 aliphatic carbocycles. The maximum atomic E-state index is 13.7. The fourth-order valence-electron chi connectivity index (χ4n) is 5.58. The number of carbonyl (C=O) groups excluding carboxylic acids is 2. The van der Waals surface area contributed by atoms with Gasteiger partial charge in [0.1, 0.15) is 4.21 Å². The third kappa shape index (κ3) is 5.34. The topological polar surface area (TPSA) is 94.1 Å². The molecule has 0 saturated carbocycles. The molecule has 2 amide bonds. The zero-order valence-corrected chi connectivity index (χ0v) is 24.8. The summed E-state index contributed by atoms with van der Waals surface area (Å²) >= 11 is 8.77. The molecule has 13 heteroatoms. The summed E-state index contributed by atoms with van der Waals surface area (Å²) in [6, 6.07) is 6.69. The molecule has 0 radical (unpaired) electrons. The zero-order chi connectivity index (χ0) is 27.3. The van der Waals surface area contributed by atoms with Gasteiger partial charge in [0, 0.05) is 79.3 Å². The van der Waals surface area contributed by atoms with Gasteiger partial charge >= 0.3 is 0 Å². The molecule has 2 fully saturated rings. The Balaban J connectivity index is 1.25. The van der Waals surface area contributed by atoms with Crippen LogP contribution in [0.3, 0.4) is 0 Å². The third-order valence-corrected chi connectivity index (χ3v) is 12.5. The van der Waals surface area contributed by atoms with E-state index in [9.17, 15) is 18.0 Å². The Bertz CT molecular complexity index is 1540. The molecule has 3 aliphatic heterocycles. The van der Waals surface area contributed by atoms with Crippen LogP contribution in [0.15, 0.2) is 28.5 Å². The number of likely N-dealkylation sites (N-methyl/N-ethyl adjacent to an activating group) is 1. The van der Waals surface area contributed by atoms with Crippen LogP contribution in [-0.4, -0.2) is 96.6 Å². The number of rotatable bonds is 6. The Hall–Kier alpha value is -2.09. The first kappa shape index (κ1) is 27.1. The highest BCUT2D eigenvalue weighted by molar-refractivity contribution is 7.91. The molecule has 1 unspecified atom stereocenters. The van der Waals surface area contributed by atoms with Gasteiger partial charge < -0.3 is 14.7 Å². The fourth-order valence-corrected chi connectivity index (χ4v) is 10.0. The van der Waals surface area contributed by atoms with E-state index in [0.29, 0.717) is 36.0 Å². The number of halogens is 1. The maximum Gasteiger partial charge on any atom is 0.283 e. The molecule has 2 saturated heterocycles. The van der Waals surface area contributed by atoms with Crippen molar-refractivity contribution >= 4 is 66.2 Å². The Morgan fingerprint density at radius 2 is 1.97 bits per heavy atom. The second kappa shape index (κ2) is 10.7. The van der Waals surface area contributed by atoms with E-state index in [0.717, 1.165) is 46.6 Å². The van der Waals surface area contributed by atoms with Crippen LogP contribution in [0.2, 0.25) is 5.02 Å². The van der Waals surface area contributed by atoms with Gasteiger partial charge in [-0.1, -0.05) is 17.7 Å². The molecule has 3 aliphatic rings. The number of sulfonamides is 1. The Kier molecular flexibility index (Phi) is 7.44. The number of thiazole rings is 1. The Morgan fingerprint density at radius 1 is 1.13 bits per heavy atom. The van der Waals surface area contributed by atoms with Crippen LogP contribution in [0, 0.1) is 0 Å². The summed E-state index contributed by atoms with van der Waals surface area (Å²) in [6.07, 6.45) is 2.71. The number of carbonyl (C=O) groups is 2. The largest absolute Gasteiger partial charge is 0.343 e. The lowest BCUT2D eigenvalue weighted by molar-refractivity contribution is -0.127. The predicted molar refractivity (Wildman–Crippen MR) is 153 cm³/mol. The van der Waals surface area contributed by atoms with Gasteiger partial charge in [0.2, 0.25) is 5.91 Å². The molecule has 39 heavy (non-hydrogen) atoms. The van der Waals surface area contributed by atoms with Gasteiger partial charge in [0.15, 0.2) is 5.01 Å². The van der Waals surface area contributed by atoms with Crippen LogP contribution in [0.5, 0.6) is 0 Å². The van der Waals surface area contributed by atoms with Crippen molar-refractivity contribution in [3.05, 3.63) is 44.9 Å². The number of nitrogens with zero attached hydrogens (tertiary/aromatic N) is 5. The molecule has 0 spiro atoms. The molecule has 6 rings (SSSR count). The molecular formula is C26H30ClN5O4S3. The molecule has 2 aromatic heterocycles. The summed E-state index contributed by atoms with van der Waals surface area (Å²) in [5.41, 5.74) is 0.992. The summed E-state index contributed by atoms with van der Waals surface area (Å²) in [5, 5.41) is 1.86. The van der Waals surface area contributed by atoms with E-state index in [2.05, 4.69) is 16.9 Å². The molecule has 208 valence electrons. The lowest BCUT2D eigenvalue weighted by Crippen LogP contribution is -2.57. The van der Waals surface area contributed by atoms with Crippen LogP contribution in [-0.2, 0) is 27.8 Å². The third-order valence-electron chi connectivity index (χ3n) is 7.77. The highest BCUT2D eigenvalue weighted by Crippen LogP contribution is 2.34. The van der Waals surface area contributed by atoms with Crippen molar-refractivity contribution < 1.29 is 18.0 Å². The standard InChI is InChI=1S/C26H30ClN5O4S3/c1-29-9-7-20-22(16-29)38-25(28-20)26(34)32-12-11-31(15-19(32)6-10-30-8-2-3-23(30)33)39(35,36)24-13-17-4-5-18(27)14-21(17)37-24/h4-5,13-14,19H,2-3,6-12,15-16H2,1H3. The molecule has 9 nitrogen and oxygen atoms in total. The number of thiophene rings is 1. The number of hydrogen-bond acceptors (Lipinski definition) is 8. The van der Waals surface area contributed by atoms with Crippen molar-refractivity contribution in [2.75, 3.05) is 46.3 Å². The number of aromatic nitrogens is 1. The van der Waals surface area contributed by atoms with Gasteiger partial charge in [0.05, 0.1) is 5.69 Å². The number of benzene rings is 1. The summed E-state index contributed by atoms with van der Waals surface area (Å²) in [5.74, 6) is -0.0304. The zero-order valence-electron chi connectivity index (χ0n) is 21.6. The van der Waals surface area contributed by atoms with Crippen LogP contribution in [0.4, 0.5) is 0 Å². The summed E-state index contributed by atoms with van der Waals surface area (Å²) in [7, 11) is -1.71. The summed E-state index contributed by atoms with van der Waals surface area (Å²) < 4.78 is 30.0. The van der Waals surface area contributed by atoms with Gasteiger partial charge in [-0.25, -0.2) is 13.4 Å². The molecule has 5 heterocycles. The molecule has 0 bridgehead atoms. The first-order valence-corrected chi connectivity index (χ1v) is 16.6. The van der Waals surface area contributed by atoms with Crippen molar-refractivity contribution in [3.63, 3.8) is 0 Å². The van der Waals surface area contributed by atoms with E-state index in [-0.39, 0.29) is 41.7 Å². The van der Waals surface area contributed by atoms with Crippen LogP contribution in [0.1, 0.15) is 39.6 Å². The average Bonchev–Trinajstić information content (AvgIpc) is 3.64. The van der Waals surface area contributed by atoms with E-state index in [1.54, 1.807) is 23.1 Å². The fraction of sp³-hybridized carbons (Fsp3) is 0.500. The summed E-state index contributed by atoms with van der Waals surface area (Å²) in [6.45, 7) is 3.57. The van der Waals surface area contributed by atoms with Gasteiger partial charge in [-0.05, 0) is 43.5 Å². The maximum absolute atomic E-state index is 13.7. The SMILES string of the molecule is CN1CCc2nc(C(=O)N3CCN(S(=O)(=O)c4cc5ccc(Cl)cc5s4)CC3CCN3CCCC3=O)sc2C1. The van der Waals surface area contributed by atoms with Gasteiger partial charge in [-0.2, -0.15) is 4.31 Å². The minimum absolute atomic E-state index is 0.119. The second-order valence-electron chi connectivity index (χ2n) is 10.4.